The number of amides is 1. The minimum Gasteiger partial charge on any atom is -0.325 e. The fourth-order valence-electron chi connectivity index (χ4n) is 2.36. The van der Waals surface area contributed by atoms with Gasteiger partial charge in [0.15, 0.2) is 0 Å². The molecule has 1 aliphatic heterocycles. The van der Waals surface area contributed by atoms with Crippen molar-refractivity contribution in [2.24, 2.45) is 0 Å². The lowest BCUT2D eigenvalue weighted by Crippen LogP contribution is -2.50. The van der Waals surface area contributed by atoms with Gasteiger partial charge in [-0.3, -0.25) is 14.6 Å². The Morgan fingerprint density at radius 1 is 1.43 bits per heavy atom. The van der Waals surface area contributed by atoms with E-state index in [1.54, 1.807) is 18.2 Å². The minimum atomic E-state index is -0.0626. The van der Waals surface area contributed by atoms with E-state index in [9.17, 15) is 4.79 Å². The average Bonchev–Trinajstić information content (AvgIpc) is 2.47. The quantitative estimate of drug-likeness (QED) is 0.921. The van der Waals surface area contributed by atoms with Crippen molar-refractivity contribution < 1.29 is 4.79 Å². The van der Waals surface area contributed by atoms with E-state index in [4.69, 9.17) is 16.9 Å². The van der Waals surface area contributed by atoms with Crippen LogP contribution in [0.4, 0.5) is 5.69 Å². The molecular weight excluding hydrogens is 288 g/mol. The first-order valence-electron chi connectivity index (χ1n) is 7.00. The fraction of sp³-hybridized carbons (Fsp3) is 0.467. The third-order valence-corrected chi connectivity index (χ3v) is 3.85. The highest BCUT2D eigenvalue weighted by Gasteiger charge is 2.22. The van der Waals surface area contributed by atoms with Crippen molar-refractivity contribution in [1.82, 2.24) is 9.80 Å². The molecule has 6 heteroatoms. The highest BCUT2D eigenvalue weighted by Crippen LogP contribution is 2.15. The van der Waals surface area contributed by atoms with Gasteiger partial charge in [0, 0.05) is 36.9 Å². The molecule has 1 unspecified atom stereocenters. The second-order valence-electron chi connectivity index (χ2n) is 5.18. The summed E-state index contributed by atoms with van der Waals surface area (Å²) in [5.74, 6) is -0.0425. The SMILES string of the molecule is CC(C#N)N1CCN(CC(=O)Nc2cccc(Cl)c2)CC1. The van der Waals surface area contributed by atoms with Gasteiger partial charge in [-0.25, -0.2) is 0 Å². The maximum absolute atomic E-state index is 12.0. The average molecular weight is 307 g/mol. The predicted molar refractivity (Wildman–Crippen MR) is 83.2 cm³/mol. The summed E-state index contributed by atoms with van der Waals surface area (Å²) in [4.78, 5) is 16.2. The molecule has 5 nitrogen and oxygen atoms in total. The van der Waals surface area contributed by atoms with E-state index in [0.717, 1.165) is 26.2 Å². The molecule has 0 saturated carbocycles. The van der Waals surface area contributed by atoms with Crippen LogP contribution in [0.1, 0.15) is 6.92 Å². The number of nitrogens with zero attached hydrogens (tertiary/aromatic N) is 3. The van der Waals surface area contributed by atoms with Gasteiger partial charge >= 0.3 is 0 Å². The van der Waals surface area contributed by atoms with Crippen LogP contribution in [0, 0.1) is 11.3 Å². The first-order chi connectivity index (χ1) is 10.1. The monoisotopic (exact) mass is 306 g/mol. The number of hydrogen-bond acceptors (Lipinski definition) is 4. The molecule has 0 aliphatic carbocycles. The van der Waals surface area contributed by atoms with Gasteiger partial charge < -0.3 is 5.32 Å². The van der Waals surface area contributed by atoms with E-state index in [0.29, 0.717) is 17.3 Å². The van der Waals surface area contributed by atoms with Crippen LogP contribution in [-0.4, -0.2) is 54.5 Å². The van der Waals surface area contributed by atoms with E-state index >= 15 is 0 Å². The Balaban J connectivity index is 1.78. The highest BCUT2D eigenvalue weighted by atomic mass is 35.5. The van der Waals surface area contributed by atoms with Gasteiger partial charge in [-0.05, 0) is 25.1 Å². The number of carbonyl (C=O) groups is 1. The molecule has 1 aromatic rings. The standard InChI is InChI=1S/C15H19ClN4O/c1-12(10-17)20-7-5-19(6-8-20)11-15(21)18-14-4-2-3-13(16)9-14/h2-4,9,12H,5-8,11H2,1H3,(H,18,21). The van der Waals surface area contributed by atoms with E-state index < -0.39 is 0 Å². The summed E-state index contributed by atoms with van der Waals surface area (Å²) >= 11 is 5.89. The minimum absolute atomic E-state index is 0.0425. The van der Waals surface area contributed by atoms with Crippen molar-refractivity contribution >= 4 is 23.2 Å². The Bertz CT molecular complexity index is 535. The second-order valence-corrected chi connectivity index (χ2v) is 5.61. The smallest absolute Gasteiger partial charge is 0.238 e. The largest absolute Gasteiger partial charge is 0.325 e. The molecule has 1 saturated heterocycles. The molecule has 0 aromatic heterocycles. The van der Waals surface area contributed by atoms with Gasteiger partial charge in [0.2, 0.25) is 5.91 Å². The third kappa shape index (κ3) is 4.71. The van der Waals surface area contributed by atoms with Gasteiger partial charge in [0.25, 0.3) is 0 Å². The van der Waals surface area contributed by atoms with Gasteiger partial charge in [-0.2, -0.15) is 5.26 Å². The Morgan fingerprint density at radius 2 is 2.14 bits per heavy atom. The number of hydrogen-bond donors (Lipinski definition) is 1. The normalized spacial score (nSPS) is 18.0. The number of anilines is 1. The molecule has 1 atom stereocenters. The van der Waals surface area contributed by atoms with E-state index in [-0.39, 0.29) is 11.9 Å². The molecule has 2 rings (SSSR count). The molecular formula is C15H19ClN4O. The summed E-state index contributed by atoms with van der Waals surface area (Å²) in [6.45, 7) is 5.51. The van der Waals surface area contributed by atoms with Crippen molar-refractivity contribution in [2.45, 2.75) is 13.0 Å². The zero-order valence-corrected chi connectivity index (χ0v) is 12.8. The number of piperazine rings is 1. The Hall–Kier alpha value is -1.61. The van der Waals surface area contributed by atoms with Crippen LogP contribution in [0.3, 0.4) is 0 Å². The zero-order valence-electron chi connectivity index (χ0n) is 12.1. The summed E-state index contributed by atoms with van der Waals surface area (Å²) in [6, 6.07) is 9.30. The molecule has 1 N–H and O–H groups in total. The van der Waals surface area contributed by atoms with E-state index in [2.05, 4.69) is 21.2 Å². The lowest BCUT2D eigenvalue weighted by molar-refractivity contribution is -0.117. The number of carbonyl (C=O) groups excluding carboxylic acids is 1. The maximum atomic E-state index is 12.0. The fourth-order valence-corrected chi connectivity index (χ4v) is 2.55. The van der Waals surface area contributed by atoms with Crippen LogP contribution in [0.5, 0.6) is 0 Å². The van der Waals surface area contributed by atoms with Gasteiger partial charge in [0.1, 0.15) is 0 Å². The highest BCUT2D eigenvalue weighted by molar-refractivity contribution is 6.30. The predicted octanol–water partition coefficient (Wildman–Crippen LogP) is 1.81. The molecule has 0 radical (unpaired) electrons. The van der Waals surface area contributed by atoms with Crippen LogP contribution in [0.15, 0.2) is 24.3 Å². The first-order valence-corrected chi connectivity index (χ1v) is 7.37. The van der Waals surface area contributed by atoms with Gasteiger partial charge in [0.05, 0.1) is 18.7 Å². The van der Waals surface area contributed by atoms with Gasteiger partial charge in [-0.1, -0.05) is 17.7 Å². The summed E-state index contributed by atoms with van der Waals surface area (Å²) in [7, 11) is 0. The van der Waals surface area contributed by atoms with Crippen molar-refractivity contribution in [3.8, 4) is 6.07 Å². The van der Waals surface area contributed by atoms with Crippen LogP contribution < -0.4 is 5.32 Å². The van der Waals surface area contributed by atoms with E-state index in [1.165, 1.54) is 0 Å². The lowest BCUT2D eigenvalue weighted by atomic mass is 10.2. The Morgan fingerprint density at radius 3 is 2.76 bits per heavy atom. The number of nitrogens with one attached hydrogen (secondary N) is 1. The lowest BCUT2D eigenvalue weighted by Gasteiger charge is -2.35. The number of rotatable bonds is 4. The van der Waals surface area contributed by atoms with Crippen molar-refractivity contribution in [3.05, 3.63) is 29.3 Å². The molecule has 21 heavy (non-hydrogen) atoms. The molecule has 1 heterocycles. The van der Waals surface area contributed by atoms with Crippen LogP contribution in [0.2, 0.25) is 5.02 Å². The Labute approximate surface area is 130 Å². The zero-order chi connectivity index (χ0) is 15.2. The maximum Gasteiger partial charge on any atom is 0.238 e. The Kier molecular flexibility index (Phi) is 5.57. The van der Waals surface area contributed by atoms with Crippen molar-refractivity contribution in [2.75, 3.05) is 38.0 Å². The second kappa shape index (κ2) is 7.41. The number of benzene rings is 1. The number of halogens is 1. The summed E-state index contributed by atoms with van der Waals surface area (Å²) < 4.78 is 0. The molecule has 1 fully saturated rings. The third-order valence-electron chi connectivity index (χ3n) is 3.62. The molecule has 0 bridgehead atoms. The first kappa shape index (κ1) is 15.8. The molecule has 0 spiro atoms. The molecule has 112 valence electrons. The molecule has 1 amide bonds. The molecule has 1 aromatic carbocycles. The van der Waals surface area contributed by atoms with Crippen molar-refractivity contribution in [1.29, 1.82) is 5.26 Å². The van der Waals surface area contributed by atoms with E-state index in [1.807, 2.05) is 13.0 Å². The number of nitriles is 1. The van der Waals surface area contributed by atoms with Crippen LogP contribution >= 0.6 is 11.6 Å². The summed E-state index contributed by atoms with van der Waals surface area (Å²) in [6.07, 6.45) is 0. The topological polar surface area (TPSA) is 59.4 Å². The van der Waals surface area contributed by atoms with Crippen LogP contribution in [-0.2, 0) is 4.79 Å². The molecule has 1 aliphatic rings. The van der Waals surface area contributed by atoms with Crippen LogP contribution in [0.25, 0.3) is 0 Å². The van der Waals surface area contributed by atoms with Crippen molar-refractivity contribution in [3.63, 3.8) is 0 Å². The summed E-state index contributed by atoms with van der Waals surface area (Å²) in [5, 5.41) is 12.4. The summed E-state index contributed by atoms with van der Waals surface area (Å²) in [5.41, 5.74) is 0.712. The van der Waals surface area contributed by atoms with Gasteiger partial charge in [-0.15, -0.1) is 0 Å².